The topological polar surface area (TPSA) is 39.9 Å². The summed E-state index contributed by atoms with van der Waals surface area (Å²) in [7, 11) is 0. The lowest BCUT2D eigenvalue weighted by atomic mass is 10.2. The average molecular weight is 364 g/mol. The number of aryl methyl sites for hydroxylation is 1. The van der Waals surface area contributed by atoms with Crippen LogP contribution in [0.15, 0.2) is 66.7 Å². The lowest BCUT2D eigenvalue weighted by Crippen LogP contribution is -2.05. The minimum atomic E-state index is 0.391. The minimum absolute atomic E-state index is 0.391. The third-order valence-corrected chi connectivity index (χ3v) is 4.64. The van der Waals surface area contributed by atoms with E-state index in [0.29, 0.717) is 17.6 Å². The molecule has 4 rings (SSSR count). The Morgan fingerprint density at radius 3 is 2.27 bits per heavy atom. The lowest BCUT2D eigenvalue weighted by molar-refractivity contribution is 0.293. The number of aromatic nitrogens is 3. The fourth-order valence-electron chi connectivity index (χ4n) is 3.05. The summed E-state index contributed by atoms with van der Waals surface area (Å²) in [6, 6.07) is 22.3. The molecule has 4 aromatic rings. The van der Waals surface area contributed by atoms with Crippen molar-refractivity contribution in [3.05, 3.63) is 88.7 Å². The summed E-state index contributed by atoms with van der Waals surface area (Å²) in [6.45, 7) is 3.21. The van der Waals surface area contributed by atoms with Crippen LogP contribution in [0.3, 0.4) is 0 Å². The number of hydrogen-bond donors (Lipinski definition) is 0. The number of benzene rings is 2. The van der Waals surface area contributed by atoms with Crippen molar-refractivity contribution in [1.82, 2.24) is 14.8 Å². The van der Waals surface area contributed by atoms with Crippen LogP contribution in [0.25, 0.3) is 10.9 Å². The molecule has 5 heteroatoms. The summed E-state index contributed by atoms with van der Waals surface area (Å²) in [5.74, 6) is 0.497. The number of nitrogens with zero attached hydrogens (tertiary/aromatic N) is 3. The largest absolute Gasteiger partial charge is 0.470 e. The fourth-order valence-corrected chi connectivity index (χ4v) is 3.23. The van der Waals surface area contributed by atoms with Gasteiger partial charge in [0.2, 0.25) is 0 Å². The predicted molar refractivity (Wildman–Crippen MR) is 104 cm³/mol. The summed E-state index contributed by atoms with van der Waals surface area (Å²) >= 11 is 6.29. The first-order valence-electron chi connectivity index (χ1n) is 8.45. The Kier molecular flexibility index (Phi) is 4.59. The van der Waals surface area contributed by atoms with Gasteiger partial charge in [-0.15, -0.1) is 10.2 Å². The van der Waals surface area contributed by atoms with Gasteiger partial charge in [-0.3, -0.25) is 0 Å². The van der Waals surface area contributed by atoms with Crippen LogP contribution in [-0.2, 0) is 13.2 Å². The van der Waals surface area contributed by atoms with Crippen molar-refractivity contribution in [1.29, 1.82) is 0 Å². The van der Waals surface area contributed by atoms with Crippen LogP contribution in [0.5, 0.6) is 5.88 Å². The molecule has 0 aliphatic carbocycles. The number of fused-ring (bicyclic) bond motifs is 1. The Morgan fingerprint density at radius 1 is 0.923 bits per heavy atom. The van der Waals surface area contributed by atoms with Gasteiger partial charge in [-0.1, -0.05) is 72.3 Å². The standard InChI is InChI=1S/C21H18ClN3O/c1-15-12-18-19(25(15)13-16-8-4-2-5-9-16)21(24-23-20(18)22)26-14-17-10-6-3-7-11-17/h2-12H,13-14H2,1H3. The van der Waals surface area contributed by atoms with Crippen molar-refractivity contribution in [3.63, 3.8) is 0 Å². The van der Waals surface area contributed by atoms with Gasteiger partial charge >= 0.3 is 0 Å². The van der Waals surface area contributed by atoms with E-state index in [9.17, 15) is 0 Å². The minimum Gasteiger partial charge on any atom is -0.470 e. The molecule has 0 spiro atoms. The zero-order valence-electron chi connectivity index (χ0n) is 14.4. The smallest absolute Gasteiger partial charge is 0.258 e. The first kappa shape index (κ1) is 16.6. The maximum Gasteiger partial charge on any atom is 0.258 e. The first-order chi connectivity index (χ1) is 12.7. The molecule has 0 fully saturated rings. The van der Waals surface area contributed by atoms with Crippen LogP contribution in [-0.4, -0.2) is 14.8 Å². The molecule has 0 aliphatic heterocycles. The molecule has 2 aromatic carbocycles. The second-order valence-electron chi connectivity index (χ2n) is 6.19. The van der Waals surface area contributed by atoms with Crippen LogP contribution in [0, 0.1) is 6.92 Å². The molecule has 2 aromatic heterocycles. The summed E-state index contributed by atoms with van der Waals surface area (Å²) < 4.78 is 8.17. The van der Waals surface area contributed by atoms with Gasteiger partial charge in [-0.2, -0.15) is 0 Å². The van der Waals surface area contributed by atoms with Crippen LogP contribution in [0.2, 0.25) is 5.15 Å². The molecule has 2 heterocycles. The molecule has 0 radical (unpaired) electrons. The van der Waals surface area contributed by atoms with Gasteiger partial charge in [0, 0.05) is 17.6 Å². The van der Waals surface area contributed by atoms with Crippen molar-refractivity contribution >= 4 is 22.5 Å². The highest BCUT2D eigenvalue weighted by atomic mass is 35.5. The van der Waals surface area contributed by atoms with Gasteiger partial charge in [-0.25, -0.2) is 0 Å². The summed E-state index contributed by atoms with van der Waals surface area (Å²) in [5, 5.41) is 9.52. The highest BCUT2D eigenvalue weighted by Crippen LogP contribution is 2.31. The van der Waals surface area contributed by atoms with E-state index in [-0.39, 0.29) is 0 Å². The Labute approximate surface area is 157 Å². The molecule has 26 heavy (non-hydrogen) atoms. The second-order valence-corrected chi connectivity index (χ2v) is 6.55. The first-order valence-corrected chi connectivity index (χ1v) is 8.83. The highest BCUT2D eigenvalue weighted by molar-refractivity contribution is 6.34. The Hall–Kier alpha value is -2.85. The van der Waals surface area contributed by atoms with Gasteiger partial charge in [0.05, 0.1) is 0 Å². The zero-order chi connectivity index (χ0) is 17.9. The molecule has 0 amide bonds. The van der Waals surface area contributed by atoms with Gasteiger partial charge in [0.25, 0.3) is 5.88 Å². The van der Waals surface area contributed by atoms with Crippen molar-refractivity contribution in [3.8, 4) is 5.88 Å². The number of rotatable bonds is 5. The monoisotopic (exact) mass is 363 g/mol. The van der Waals surface area contributed by atoms with Gasteiger partial charge < -0.3 is 9.30 Å². The van der Waals surface area contributed by atoms with Crippen LogP contribution in [0.4, 0.5) is 0 Å². The Bertz CT molecular complexity index is 1030. The SMILES string of the molecule is Cc1cc2c(Cl)nnc(OCc3ccccc3)c2n1Cc1ccccc1. The van der Waals surface area contributed by atoms with E-state index in [2.05, 4.69) is 33.8 Å². The van der Waals surface area contributed by atoms with Gasteiger partial charge in [0.1, 0.15) is 12.1 Å². The summed E-state index contributed by atoms with van der Waals surface area (Å²) in [5.41, 5.74) is 4.25. The van der Waals surface area contributed by atoms with E-state index >= 15 is 0 Å². The van der Waals surface area contributed by atoms with Gasteiger partial charge in [0.15, 0.2) is 5.15 Å². The second kappa shape index (κ2) is 7.18. The molecule has 0 bridgehead atoms. The maximum atomic E-state index is 6.29. The van der Waals surface area contributed by atoms with E-state index < -0.39 is 0 Å². The molecule has 0 unspecified atom stereocenters. The van der Waals surface area contributed by atoms with Gasteiger partial charge in [-0.05, 0) is 24.1 Å². The van der Waals surface area contributed by atoms with E-state index in [4.69, 9.17) is 16.3 Å². The number of ether oxygens (including phenoxy) is 1. The van der Waals surface area contributed by atoms with E-state index in [0.717, 1.165) is 28.7 Å². The molecule has 0 aliphatic rings. The third kappa shape index (κ3) is 3.28. The zero-order valence-corrected chi connectivity index (χ0v) is 15.1. The quantitative estimate of drug-likeness (QED) is 0.499. The molecular weight excluding hydrogens is 346 g/mol. The number of halogens is 1. The third-order valence-electron chi connectivity index (χ3n) is 4.36. The molecular formula is C21H18ClN3O. The van der Waals surface area contributed by atoms with E-state index in [1.807, 2.05) is 54.6 Å². The molecule has 4 nitrogen and oxygen atoms in total. The summed E-state index contributed by atoms with van der Waals surface area (Å²) in [6.07, 6.45) is 0. The molecule has 130 valence electrons. The molecule has 0 atom stereocenters. The summed E-state index contributed by atoms with van der Waals surface area (Å²) in [4.78, 5) is 0. The molecule has 0 N–H and O–H groups in total. The van der Waals surface area contributed by atoms with Crippen LogP contribution in [0.1, 0.15) is 16.8 Å². The average Bonchev–Trinajstić information content (AvgIpc) is 3.00. The fraction of sp³-hybridized carbons (Fsp3) is 0.143. The predicted octanol–water partition coefficient (Wildman–Crippen LogP) is 5.02. The van der Waals surface area contributed by atoms with Crippen molar-refractivity contribution in [2.45, 2.75) is 20.1 Å². The normalized spacial score (nSPS) is 11.0. The molecule has 0 saturated carbocycles. The van der Waals surface area contributed by atoms with Crippen molar-refractivity contribution in [2.75, 3.05) is 0 Å². The van der Waals surface area contributed by atoms with Crippen molar-refractivity contribution < 1.29 is 4.74 Å². The van der Waals surface area contributed by atoms with Crippen molar-refractivity contribution in [2.24, 2.45) is 0 Å². The molecule has 0 saturated heterocycles. The maximum absolute atomic E-state index is 6.29. The highest BCUT2D eigenvalue weighted by Gasteiger charge is 2.17. The number of hydrogen-bond acceptors (Lipinski definition) is 3. The van der Waals surface area contributed by atoms with E-state index in [1.54, 1.807) is 0 Å². The lowest BCUT2D eigenvalue weighted by Gasteiger charge is -2.12. The van der Waals surface area contributed by atoms with E-state index in [1.165, 1.54) is 5.56 Å². The van der Waals surface area contributed by atoms with Crippen LogP contribution < -0.4 is 4.74 Å². The Morgan fingerprint density at radius 2 is 1.58 bits per heavy atom. The Balaban J connectivity index is 1.74. The van der Waals surface area contributed by atoms with Crippen LogP contribution >= 0.6 is 11.6 Å².